The minimum Gasteiger partial charge on any atom is -0.294 e. The minimum absolute atomic E-state index is 0.886. The van der Waals surface area contributed by atoms with Gasteiger partial charge in [-0.25, -0.2) is 4.98 Å². The largest absolute Gasteiger partial charge is 0.294 e. The molecule has 9 aromatic rings. The average molecular weight is 537 g/mol. The third-order valence-corrected chi connectivity index (χ3v) is 8.37. The number of benzene rings is 5. The molecule has 0 aliphatic rings. The number of aromatic nitrogens is 4. The summed E-state index contributed by atoms with van der Waals surface area (Å²) in [7, 11) is 0. The Labute approximate surface area is 241 Å². The molecule has 0 fully saturated rings. The van der Waals surface area contributed by atoms with E-state index < -0.39 is 0 Å². The van der Waals surface area contributed by atoms with Gasteiger partial charge in [-0.1, -0.05) is 91.0 Å². The molecule has 0 N–H and O–H groups in total. The van der Waals surface area contributed by atoms with Gasteiger partial charge >= 0.3 is 0 Å². The van der Waals surface area contributed by atoms with E-state index in [2.05, 4.69) is 149 Å². The van der Waals surface area contributed by atoms with E-state index in [9.17, 15) is 0 Å². The molecular formula is C38H24N4. The van der Waals surface area contributed by atoms with Gasteiger partial charge in [-0.3, -0.25) is 14.1 Å². The fourth-order valence-electron chi connectivity index (χ4n) is 6.51. The molecule has 0 saturated heterocycles. The summed E-state index contributed by atoms with van der Waals surface area (Å²) in [6, 6.07) is 49.2. The zero-order chi connectivity index (χ0) is 27.6. The SMILES string of the molecule is c1ccc(-n2c3ccccc3c3ccc(-n4c5ccccc5c5ccc(-c6nccc7ccccc67)cc54)nc32)cc1. The first-order valence-corrected chi connectivity index (χ1v) is 14.2. The van der Waals surface area contributed by atoms with Crippen LogP contribution < -0.4 is 0 Å². The van der Waals surface area contributed by atoms with E-state index in [0.717, 1.165) is 55.7 Å². The molecule has 4 heterocycles. The first-order valence-electron chi connectivity index (χ1n) is 14.2. The molecule has 0 unspecified atom stereocenters. The number of pyridine rings is 2. The van der Waals surface area contributed by atoms with E-state index in [4.69, 9.17) is 9.97 Å². The first kappa shape index (κ1) is 23.0. The molecule has 4 heteroatoms. The van der Waals surface area contributed by atoms with Crippen LogP contribution in [-0.4, -0.2) is 19.1 Å². The maximum atomic E-state index is 5.39. The normalized spacial score (nSPS) is 11.8. The molecule has 4 nitrogen and oxygen atoms in total. The average Bonchev–Trinajstić information content (AvgIpc) is 3.57. The zero-order valence-corrected chi connectivity index (χ0v) is 22.6. The van der Waals surface area contributed by atoms with E-state index in [0.29, 0.717) is 0 Å². The van der Waals surface area contributed by atoms with Gasteiger partial charge in [-0.2, -0.15) is 0 Å². The predicted octanol–water partition coefficient (Wildman–Crippen LogP) is 9.49. The topological polar surface area (TPSA) is 35.6 Å². The number of fused-ring (bicyclic) bond motifs is 7. The molecule has 42 heavy (non-hydrogen) atoms. The maximum Gasteiger partial charge on any atom is 0.148 e. The highest BCUT2D eigenvalue weighted by molar-refractivity contribution is 6.11. The lowest BCUT2D eigenvalue weighted by atomic mass is 10.0. The Hall–Kier alpha value is -5.74. The van der Waals surface area contributed by atoms with Crippen LogP contribution in [0.5, 0.6) is 0 Å². The molecule has 0 amide bonds. The van der Waals surface area contributed by atoms with E-state index in [1.165, 1.54) is 21.5 Å². The van der Waals surface area contributed by atoms with Crippen LogP contribution in [0.25, 0.3) is 77.3 Å². The maximum absolute atomic E-state index is 5.39. The fourth-order valence-corrected chi connectivity index (χ4v) is 6.51. The number of para-hydroxylation sites is 3. The van der Waals surface area contributed by atoms with Gasteiger partial charge in [-0.15, -0.1) is 0 Å². The summed E-state index contributed by atoms with van der Waals surface area (Å²) in [4.78, 5) is 10.2. The van der Waals surface area contributed by atoms with Crippen molar-refractivity contribution in [1.82, 2.24) is 19.1 Å². The van der Waals surface area contributed by atoms with Gasteiger partial charge in [0.25, 0.3) is 0 Å². The van der Waals surface area contributed by atoms with Crippen molar-refractivity contribution >= 4 is 54.5 Å². The van der Waals surface area contributed by atoms with Crippen LogP contribution in [0.1, 0.15) is 0 Å². The predicted molar refractivity (Wildman–Crippen MR) is 174 cm³/mol. The highest BCUT2D eigenvalue weighted by atomic mass is 15.1. The fraction of sp³-hybridized carbons (Fsp3) is 0. The minimum atomic E-state index is 0.886. The number of nitrogens with zero attached hydrogens (tertiary/aromatic N) is 4. The summed E-state index contributed by atoms with van der Waals surface area (Å²) in [5, 5.41) is 7.06. The van der Waals surface area contributed by atoms with E-state index in [-0.39, 0.29) is 0 Å². The standard InChI is InChI=1S/C38H24N4/c1-2-11-27(12-3-1)41-33-16-8-7-15-30(33)32-20-21-36(40-38(32)41)42-34-17-9-6-14-29(34)31-19-18-26(24-35(31)42)37-28-13-5-4-10-25(28)22-23-39-37/h1-24H. The number of hydrogen-bond acceptors (Lipinski definition) is 2. The van der Waals surface area contributed by atoms with Crippen LogP contribution in [0.4, 0.5) is 0 Å². The molecule has 9 rings (SSSR count). The summed E-state index contributed by atoms with van der Waals surface area (Å²) < 4.78 is 4.57. The van der Waals surface area contributed by atoms with Crippen molar-refractivity contribution in [3.05, 3.63) is 146 Å². The van der Waals surface area contributed by atoms with Crippen LogP contribution in [0, 0.1) is 0 Å². The van der Waals surface area contributed by atoms with Crippen LogP contribution in [0.3, 0.4) is 0 Å². The lowest BCUT2D eigenvalue weighted by molar-refractivity contribution is 1.06. The second-order valence-electron chi connectivity index (χ2n) is 10.7. The van der Waals surface area contributed by atoms with Crippen LogP contribution in [-0.2, 0) is 0 Å². The van der Waals surface area contributed by atoms with Crippen molar-refractivity contribution in [3.8, 4) is 22.8 Å². The molecule has 0 radical (unpaired) electrons. The van der Waals surface area contributed by atoms with Crippen LogP contribution in [0.15, 0.2) is 146 Å². The molecule has 0 spiro atoms. The van der Waals surface area contributed by atoms with Crippen LogP contribution in [0.2, 0.25) is 0 Å². The molecule has 0 aliphatic heterocycles. The lowest BCUT2D eigenvalue weighted by Crippen LogP contribution is -2.00. The Morgan fingerprint density at radius 3 is 1.93 bits per heavy atom. The smallest absolute Gasteiger partial charge is 0.148 e. The van der Waals surface area contributed by atoms with E-state index >= 15 is 0 Å². The first-order chi connectivity index (χ1) is 20.8. The van der Waals surface area contributed by atoms with Gasteiger partial charge in [0.05, 0.1) is 22.2 Å². The van der Waals surface area contributed by atoms with E-state index in [1.54, 1.807) is 0 Å². The Kier molecular flexibility index (Phi) is 4.87. The molecule has 0 atom stereocenters. The van der Waals surface area contributed by atoms with Gasteiger partial charge in [0.2, 0.25) is 0 Å². The Bertz CT molecular complexity index is 2460. The monoisotopic (exact) mass is 536 g/mol. The summed E-state index contributed by atoms with van der Waals surface area (Å²) in [6.07, 6.45) is 1.90. The Balaban J connectivity index is 1.36. The zero-order valence-electron chi connectivity index (χ0n) is 22.6. The molecule has 0 aliphatic carbocycles. The molecule has 5 aromatic carbocycles. The second kappa shape index (κ2) is 8.88. The molecular weight excluding hydrogens is 512 g/mol. The lowest BCUT2D eigenvalue weighted by Gasteiger charge is -2.11. The third-order valence-electron chi connectivity index (χ3n) is 8.37. The highest BCUT2D eigenvalue weighted by Crippen LogP contribution is 2.37. The Morgan fingerprint density at radius 1 is 0.452 bits per heavy atom. The number of hydrogen-bond donors (Lipinski definition) is 0. The second-order valence-corrected chi connectivity index (χ2v) is 10.7. The van der Waals surface area contributed by atoms with Crippen molar-refractivity contribution in [2.45, 2.75) is 0 Å². The van der Waals surface area contributed by atoms with E-state index in [1.807, 2.05) is 6.20 Å². The van der Waals surface area contributed by atoms with Crippen molar-refractivity contribution in [3.63, 3.8) is 0 Å². The summed E-state index contributed by atoms with van der Waals surface area (Å²) in [5.74, 6) is 0.886. The molecule has 0 bridgehead atoms. The molecule has 0 saturated carbocycles. The molecule has 4 aromatic heterocycles. The van der Waals surface area contributed by atoms with Gasteiger partial charge in [-0.05, 0) is 53.9 Å². The third kappa shape index (κ3) is 3.29. The Morgan fingerprint density at radius 2 is 1.10 bits per heavy atom. The van der Waals surface area contributed by atoms with Gasteiger partial charge in [0.1, 0.15) is 11.5 Å². The summed E-state index contributed by atoms with van der Waals surface area (Å²) in [5.41, 5.74) is 7.50. The van der Waals surface area contributed by atoms with Gasteiger partial charge < -0.3 is 0 Å². The quantitative estimate of drug-likeness (QED) is 0.225. The van der Waals surface area contributed by atoms with Crippen LogP contribution >= 0.6 is 0 Å². The van der Waals surface area contributed by atoms with Crippen molar-refractivity contribution in [1.29, 1.82) is 0 Å². The van der Waals surface area contributed by atoms with Crippen molar-refractivity contribution in [2.75, 3.05) is 0 Å². The highest BCUT2D eigenvalue weighted by Gasteiger charge is 2.18. The summed E-state index contributed by atoms with van der Waals surface area (Å²) in [6.45, 7) is 0. The van der Waals surface area contributed by atoms with Gasteiger partial charge in [0, 0.05) is 44.4 Å². The van der Waals surface area contributed by atoms with Gasteiger partial charge in [0.15, 0.2) is 0 Å². The van der Waals surface area contributed by atoms with Crippen molar-refractivity contribution < 1.29 is 0 Å². The van der Waals surface area contributed by atoms with Crippen molar-refractivity contribution in [2.24, 2.45) is 0 Å². The molecule has 196 valence electrons. The summed E-state index contributed by atoms with van der Waals surface area (Å²) >= 11 is 0. The number of rotatable bonds is 3.